The highest BCUT2D eigenvalue weighted by molar-refractivity contribution is 5.45. The Morgan fingerprint density at radius 1 is 1.09 bits per heavy atom. The molecule has 2 aromatic rings. The Balaban J connectivity index is 1.81. The molecule has 0 bridgehead atoms. The summed E-state index contributed by atoms with van der Waals surface area (Å²) < 4.78 is 16.5. The molecule has 116 valence electrons. The first-order chi connectivity index (χ1) is 10.8. The summed E-state index contributed by atoms with van der Waals surface area (Å²) in [5, 5.41) is 0. The Kier molecular flexibility index (Phi) is 4.49. The maximum atomic E-state index is 6.00. The number of fused-ring (bicyclic) bond motifs is 1. The van der Waals surface area contributed by atoms with E-state index in [9.17, 15) is 0 Å². The van der Waals surface area contributed by atoms with E-state index in [-0.39, 0.29) is 5.92 Å². The molecule has 0 amide bonds. The van der Waals surface area contributed by atoms with Gasteiger partial charge in [0.05, 0.1) is 7.11 Å². The van der Waals surface area contributed by atoms with Crippen LogP contribution in [-0.4, -0.2) is 26.9 Å². The van der Waals surface area contributed by atoms with E-state index in [0.717, 1.165) is 23.7 Å². The third kappa shape index (κ3) is 3.17. The van der Waals surface area contributed by atoms with Gasteiger partial charge in [-0.05, 0) is 48.4 Å². The van der Waals surface area contributed by atoms with E-state index in [1.54, 1.807) is 7.11 Å². The summed E-state index contributed by atoms with van der Waals surface area (Å²) in [4.78, 5) is 0. The van der Waals surface area contributed by atoms with Crippen molar-refractivity contribution in [1.82, 2.24) is 0 Å². The molecule has 22 heavy (non-hydrogen) atoms. The molecule has 1 aliphatic heterocycles. The smallest absolute Gasteiger partial charge is 0.161 e. The average Bonchev–Trinajstić information content (AvgIpc) is 2.59. The van der Waals surface area contributed by atoms with Gasteiger partial charge in [0.15, 0.2) is 11.5 Å². The molecule has 0 spiro atoms. The SMILES string of the molecule is COc1cccc(CC(CN)c2ccc3c(c2)OCCO3)c1. The van der Waals surface area contributed by atoms with Crippen molar-refractivity contribution in [2.24, 2.45) is 5.73 Å². The van der Waals surface area contributed by atoms with Crippen LogP contribution < -0.4 is 19.9 Å². The van der Waals surface area contributed by atoms with E-state index in [4.69, 9.17) is 19.9 Å². The van der Waals surface area contributed by atoms with Gasteiger partial charge >= 0.3 is 0 Å². The number of hydrogen-bond donors (Lipinski definition) is 1. The van der Waals surface area contributed by atoms with Gasteiger partial charge < -0.3 is 19.9 Å². The van der Waals surface area contributed by atoms with E-state index in [2.05, 4.69) is 18.2 Å². The van der Waals surface area contributed by atoms with Crippen LogP contribution in [0, 0.1) is 0 Å². The lowest BCUT2D eigenvalue weighted by molar-refractivity contribution is 0.171. The summed E-state index contributed by atoms with van der Waals surface area (Å²) in [6.07, 6.45) is 0.868. The van der Waals surface area contributed by atoms with Crippen LogP contribution in [0.15, 0.2) is 42.5 Å². The summed E-state index contributed by atoms with van der Waals surface area (Å²) >= 11 is 0. The molecule has 1 unspecified atom stereocenters. The lowest BCUT2D eigenvalue weighted by Gasteiger charge is -2.21. The number of rotatable bonds is 5. The minimum absolute atomic E-state index is 0.239. The number of hydrogen-bond acceptors (Lipinski definition) is 4. The summed E-state index contributed by atoms with van der Waals surface area (Å²) in [5.74, 6) is 2.73. The van der Waals surface area contributed by atoms with Crippen molar-refractivity contribution in [3.05, 3.63) is 53.6 Å². The summed E-state index contributed by atoms with van der Waals surface area (Å²) in [6.45, 7) is 1.78. The predicted octanol–water partition coefficient (Wildman–Crippen LogP) is 2.75. The third-order valence-electron chi connectivity index (χ3n) is 3.94. The zero-order chi connectivity index (χ0) is 15.4. The molecular weight excluding hydrogens is 278 g/mol. The Morgan fingerprint density at radius 2 is 1.91 bits per heavy atom. The van der Waals surface area contributed by atoms with Crippen LogP contribution in [0.2, 0.25) is 0 Å². The standard InChI is InChI=1S/C18H21NO3/c1-20-16-4-2-3-13(10-16)9-15(12-19)14-5-6-17-18(11-14)22-8-7-21-17/h2-6,10-11,15H,7-9,12,19H2,1H3. The first-order valence-electron chi connectivity index (χ1n) is 7.52. The average molecular weight is 299 g/mol. The second kappa shape index (κ2) is 6.71. The number of benzene rings is 2. The molecular formula is C18H21NO3. The maximum absolute atomic E-state index is 6.00. The summed E-state index contributed by atoms with van der Waals surface area (Å²) in [5.41, 5.74) is 8.38. The first kappa shape index (κ1) is 14.7. The fourth-order valence-corrected chi connectivity index (χ4v) is 2.74. The van der Waals surface area contributed by atoms with Gasteiger partial charge in [-0.2, -0.15) is 0 Å². The van der Waals surface area contributed by atoms with Gasteiger partial charge in [-0.3, -0.25) is 0 Å². The third-order valence-corrected chi connectivity index (χ3v) is 3.94. The van der Waals surface area contributed by atoms with E-state index >= 15 is 0 Å². The van der Waals surface area contributed by atoms with Crippen LogP contribution in [0.1, 0.15) is 17.0 Å². The maximum Gasteiger partial charge on any atom is 0.161 e. The summed E-state index contributed by atoms with van der Waals surface area (Å²) in [6, 6.07) is 14.2. The predicted molar refractivity (Wildman–Crippen MR) is 85.9 cm³/mol. The van der Waals surface area contributed by atoms with Gasteiger partial charge in [0.1, 0.15) is 19.0 Å². The first-order valence-corrected chi connectivity index (χ1v) is 7.52. The number of methoxy groups -OCH3 is 1. The van der Waals surface area contributed by atoms with Crippen molar-refractivity contribution in [3.8, 4) is 17.2 Å². The zero-order valence-electron chi connectivity index (χ0n) is 12.7. The highest BCUT2D eigenvalue weighted by Crippen LogP contribution is 2.34. The van der Waals surface area contributed by atoms with Crippen LogP contribution in [0.4, 0.5) is 0 Å². The molecule has 1 heterocycles. The lowest BCUT2D eigenvalue weighted by Crippen LogP contribution is -2.18. The Labute approximate surface area is 130 Å². The molecule has 0 radical (unpaired) electrons. The normalized spacial score (nSPS) is 14.5. The van der Waals surface area contributed by atoms with Gasteiger partial charge in [0.25, 0.3) is 0 Å². The van der Waals surface area contributed by atoms with Crippen molar-refractivity contribution in [3.63, 3.8) is 0 Å². The molecule has 3 rings (SSSR count). The van der Waals surface area contributed by atoms with Crippen LogP contribution in [-0.2, 0) is 6.42 Å². The van der Waals surface area contributed by atoms with Crippen molar-refractivity contribution in [2.75, 3.05) is 26.9 Å². The largest absolute Gasteiger partial charge is 0.497 e. The van der Waals surface area contributed by atoms with E-state index in [1.807, 2.05) is 24.3 Å². The second-order valence-corrected chi connectivity index (χ2v) is 5.39. The van der Waals surface area contributed by atoms with E-state index < -0.39 is 0 Å². The minimum atomic E-state index is 0.239. The van der Waals surface area contributed by atoms with Crippen LogP contribution in [0.5, 0.6) is 17.2 Å². The van der Waals surface area contributed by atoms with Gasteiger partial charge in [-0.15, -0.1) is 0 Å². The van der Waals surface area contributed by atoms with Crippen molar-refractivity contribution >= 4 is 0 Å². The second-order valence-electron chi connectivity index (χ2n) is 5.39. The lowest BCUT2D eigenvalue weighted by atomic mass is 9.91. The highest BCUT2D eigenvalue weighted by atomic mass is 16.6. The van der Waals surface area contributed by atoms with Gasteiger partial charge in [-0.25, -0.2) is 0 Å². The molecule has 0 aliphatic carbocycles. The van der Waals surface area contributed by atoms with Gasteiger partial charge in [-0.1, -0.05) is 18.2 Å². The van der Waals surface area contributed by atoms with Crippen LogP contribution in [0.3, 0.4) is 0 Å². The topological polar surface area (TPSA) is 53.7 Å². The Bertz CT molecular complexity index is 642. The molecule has 4 nitrogen and oxygen atoms in total. The summed E-state index contributed by atoms with van der Waals surface area (Å²) in [7, 11) is 1.68. The molecule has 1 aliphatic rings. The Hall–Kier alpha value is -2.20. The molecule has 0 saturated heterocycles. The van der Waals surface area contributed by atoms with Crippen molar-refractivity contribution < 1.29 is 14.2 Å². The van der Waals surface area contributed by atoms with E-state index in [0.29, 0.717) is 19.8 Å². The van der Waals surface area contributed by atoms with Crippen LogP contribution >= 0.6 is 0 Å². The molecule has 0 fully saturated rings. The van der Waals surface area contributed by atoms with Crippen LogP contribution in [0.25, 0.3) is 0 Å². The zero-order valence-corrected chi connectivity index (χ0v) is 12.7. The molecule has 0 aromatic heterocycles. The minimum Gasteiger partial charge on any atom is -0.497 e. The van der Waals surface area contributed by atoms with Gasteiger partial charge in [0, 0.05) is 5.92 Å². The number of ether oxygens (including phenoxy) is 3. The number of nitrogens with two attached hydrogens (primary N) is 1. The monoisotopic (exact) mass is 299 g/mol. The van der Waals surface area contributed by atoms with E-state index in [1.165, 1.54) is 11.1 Å². The molecule has 2 aromatic carbocycles. The molecule has 0 saturated carbocycles. The highest BCUT2D eigenvalue weighted by Gasteiger charge is 2.16. The molecule has 1 atom stereocenters. The van der Waals surface area contributed by atoms with Crippen molar-refractivity contribution in [1.29, 1.82) is 0 Å². The molecule has 2 N–H and O–H groups in total. The Morgan fingerprint density at radius 3 is 2.68 bits per heavy atom. The van der Waals surface area contributed by atoms with Gasteiger partial charge in [0.2, 0.25) is 0 Å². The fourth-order valence-electron chi connectivity index (χ4n) is 2.74. The molecule has 4 heteroatoms. The quantitative estimate of drug-likeness (QED) is 0.922. The van der Waals surface area contributed by atoms with Crippen molar-refractivity contribution in [2.45, 2.75) is 12.3 Å². The fraction of sp³-hybridized carbons (Fsp3) is 0.333.